The number of hydrogen-bond donors (Lipinski definition) is 3. The molecule has 0 amide bonds. The molecular formula is C8H12N2O4S. The largest absolute Gasteiger partial charge is 0.399 e. The first-order chi connectivity index (χ1) is 6.89. The summed E-state index contributed by atoms with van der Waals surface area (Å²) in [5.74, 6) is 0. The molecule has 0 aliphatic rings. The summed E-state index contributed by atoms with van der Waals surface area (Å²) in [5, 5.41) is 17.2. The summed E-state index contributed by atoms with van der Waals surface area (Å²) in [6.07, 6.45) is 0.424. The number of benzene rings is 1. The highest BCUT2D eigenvalue weighted by molar-refractivity contribution is 7.88. The molecule has 0 aromatic heterocycles. The third-order valence-electron chi connectivity index (χ3n) is 1.96. The van der Waals surface area contributed by atoms with Crippen molar-refractivity contribution in [2.24, 2.45) is 0 Å². The van der Waals surface area contributed by atoms with Crippen molar-refractivity contribution in [3.05, 3.63) is 23.8 Å². The minimum absolute atomic E-state index is 0.163. The second kappa shape index (κ2) is 4.15. The van der Waals surface area contributed by atoms with Crippen LogP contribution in [-0.2, 0) is 16.4 Å². The van der Waals surface area contributed by atoms with Gasteiger partial charge in [-0.15, -0.1) is 0 Å². The molecule has 0 radical (unpaired) electrons. The van der Waals surface area contributed by atoms with Crippen molar-refractivity contribution in [3.63, 3.8) is 0 Å². The van der Waals surface area contributed by atoms with Crippen LogP contribution in [0.25, 0.3) is 0 Å². The number of hydrogen-bond acceptors (Lipinski definition) is 5. The zero-order valence-electron chi connectivity index (χ0n) is 8.08. The van der Waals surface area contributed by atoms with Crippen molar-refractivity contribution in [1.29, 1.82) is 0 Å². The first-order valence-electron chi connectivity index (χ1n) is 4.21. The SMILES string of the molecule is CCc1cc(N)ccc1S(=O)(=O)N(O)O. The second-order valence-electron chi connectivity index (χ2n) is 2.95. The van der Waals surface area contributed by atoms with Gasteiger partial charge in [0, 0.05) is 5.69 Å². The lowest BCUT2D eigenvalue weighted by Gasteiger charge is -2.11. The van der Waals surface area contributed by atoms with E-state index in [1.165, 1.54) is 18.2 Å². The molecule has 0 fully saturated rings. The van der Waals surface area contributed by atoms with Gasteiger partial charge in [0.15, 0.2) is 0 Å². The third kappa shape index (κ3) is 2.26. The van der Waals surface area contributed by atoms with Crippen LogP contribution in [0.1, 0.15) is 12.5 Å². The van der Waals surface area contributed by atoms with E-state index in [1.807, 2.05) is 0 Å². The molecule has 0 aliphatic carbocycles. The van der Waals surface area contributed by atoms with Crippen molar-refractivity contribution >= 4 is 15.7 Å². The van der Waals surface area contributed by atoms with E-state index in [4.69, 9.17) is 16.1 Å². The fourth-order valence-corrected chi connectivity index (χ4v) is 2.17. The fraction of sp³-hybridized carbons (Fsp3) is 0.250. The molecule has 84 valence electrons. The van der Waals surface area contributed by atoms with E-state index in [-0.39, 0.29) is 4.90 Å². The molecule has 0 aliphatic heterocycles. The van der Waals surface area contributed by atoms with Crippen LogP contribution in [0.5, 0.6) is 0 Å². The van der Waals surface area contributed by atoms with Gasteiger partial charge in [-0.2, -0.15) is 0 Å². The number of sulfonamides is 1. The minimum atomic E-state index is -4.25. The fourth-order valence-electron chi connectivity index (χ4n) is 1.22. The van der Waals surface area contributed by atoms with Crippen LogP contribution in [0.2, 0.25) is 0 Å². The Morgan fingerprint density at radius 3 is 2.47 bits per heavy atom. The third-order valence-corrected chi connectivity index (χ3v) is 3.34. The summed E-state index contributed by atoms with van der Waals surface area (Å²) in [7, 11) is -4.25. The Morgan fingerprint density at radius 1 is 1.40 bits per heavy atom. The normalized spacial score (nSPS) is 12.0. The molecule has 0 saturated heterocycles. The number of nitrogens with zero attached hydrogens (tertiary/aromatic N) is 1. The molecule has 0 atom stereocenters. The maximum absolute atomic E-state index is 11.4. The minimum Gasteiger partial charge on any atom is -0.399 e. The molecule has 1 rings (SSSR count). The molecule has 1 aromatic carbocycles. The average molecular weight is 232 g/mol. The molecular weight excluding hydrogens is 220 g/mol. The summed E-state index contributed by atoms with van der Waals surface area (Å²) in [6.45, 7) is 1.74. The van der Waals surface area contributed by atoms with Gasteiger partial charge in [-0.3, -0.25) is 10.4 Å². The van der Waals surface area contributed by atoms with Gasteiger partial charge in [0.2, 0.25) is 0 Å². The highest BCUT2D eigenvalue weighted by Gasteiger charge is 2.23. The van der Waals surface area contributed by atoms with Gasteiger partial charge < -0.3 is 5.73 Å². The quantitative estimate of drug-likeness (QED) is 0.523. The van der Waals surface area contributed by atoms with Gasteiger partial charge >= 0.3 is 0 Å². The van der Waals surface area contributed by atoms with E-state index < -0.39 is 14.7 Å². The number of rotatable bonds is 3. The number of aryl methyl sites for hydroxylation is 1. The monoisotopic (exact) mass is 232 g/mol. The van der Waals surface area contributed by atoms with Crippen molar-refractivity contribution in [3.8, 4) is 0 Å². The molecule has 4 N–H and O–H groups in total. The smallest absolute Gasteiger partial charge is 0.288 e. The van der Waals surface area contributed by atoms with Gasteiger partial charge in [-0.25, -0.2) is 8.42 Å². The Hall–Kier alpha value is -1.15. The highest BCUT2D eigenvalue weighted by Crippen LogP contribution is 2.21. The maximum atomic E-state index is 11.4. The van der Waals surface area contributed by atoms with Gasteiger partial charge in [-0.05, 0) is 30.2 Å². The van der Waals surface area contributed by atoms with Crippen LogP contribution in [0.3, 0.4) is 0 Å². The van der Waals surface area contributed by atoms with E-state index in [2.05, 4.69) is 0 Å². The molecule has 0 unspecified atom stereocenters. The van der Waals surface area contributed by atoms with Gasteiger partial charge in [0.25, 0.3) is 10.0 Å². The Balaban J connectivity index is 3.38. The van der Waals surface area contributed by atoms with Gasteiger partial charge in [-0.1, -0.05) is 6.92 Å². The first kappa shape index (κ1) is 11.9. The summed E-state index contributed by atoms with van der Waals surface area (Å²) in [4.78, 5) is -0.163. The van der Waals surface area contributed by atoms with E-state index in [0.717, 1.165) is 0 Å². The summed E-state index contributed by atoms with van der Waals surface area (Å²) >= 11 is 0. The zero-order chi connectivity index (χ0) is 11.6. The number of nitrogens with two attached hydrogens (primary N) is 1. The summed E-state index contributed by atoms with van der Waals surface area (Å²) < 4.78 is 22.0. The molecule has 15 heavy (non-hydrogen) atoms. The van der Waals surface area contributed by atoms with Crippen molar-refractivity contribution in [2.75, 3.05) is 5.73 Å². The second-order valence-corrected chi connectivity index (χ2v) is 4.67. The highest BCUT2D eigenvalue weighted by atomic mass is 32.2. The predicted molar refractivity (Wildman–Crippen MR) is 52.8 cm³/mol. The van der Waals surface area contributed by atoms with Crippen LogP contribution >= 0.6 is 0 Å². The standard InChI is InChI=1S/C8H12N2O4S/c1-2-6-5-7(9)3-4-8(6)15(13,14)10(11)12/h3-5,11-12H,2,9H2,1H3. The topological polar surface area (TPSA) is 104 Å². The Labute approximate surface area is 87.5 Å². The average Bonchev–Trinajstić information content (AvgIpc) is 2.16. The van der Waals surface area contributed by atoms with E-state index in [1.54, 1.807) is 6.92 Å². The molecule has 6 nitrogen and oxygen atoms in total. The van der Waals surface area contributed by atoms with Crippen molar-refractivity contribution < 1.29 is 18.8 Å². The van der Waals surface area contributed by atoms with Gasteiger partial charge in [0.05, 0.1) is 9.53 Å². The van der Waals surface area contributed by atoms with Crippen LogP contribution in [-0.4, -0.2) is 23.5 Å². The van der Waals surface area contributed by atoms with Crippen molar-refractivity contribution in [1.82, 2.24) is 4.63 Å². The Morgan fingerprint density at radius 2 is 2.00 bits per heavy atom. The number of anilines is 1. The molecule has 7 heteroatoms. The maximum Gasteiger partial charge on any atom is 0.288 e. The lowest BCUT2D eigenvalue weighted by molar-refractivity contribution is -0.226. The van der Waals surface area contributed by atoms with E-state index in [0.29, 0.717) is 17.7 Å². The summed E-state index contributed by atoms with van der Waals surface area (Å²) in [5.41, 5.74) is 6.35. The van der Waals surface area contributed by atoms with E-state index in [9.17, 15) is 8.42 Å². The summed E-state index contributed by atoms with van der Waals surface area (Å²) in [6, 6.07) is 4.11. The zero-order valence-corrected chi connectivity index (χ0v) is 8.90. The molecule has 0 heterocycles. The van der Waals surface area contributed by atoms with Crippen LogP contribution in [0.4, 0.5) is 5.69 Å². The molecule has 0 saturated carbocycles. The van der Waals surface area contributed by atoms with Crippen LogP contribution in [0, 0.1) is 0 Å². The van der Waals surface area contributed by atoms with Crippen molar-refractivity contribution in [2.45, 2.75) is 18.2 Å². The van der Waals surface area contributed by atoms with E-state index >= 15 is 0 Å². The molecule has 0 spiro atoms. The lowest BCUT2D eigenvalue weighted by atomic mass is 10.1. The Bertz CT molecular complexity index is 456. The molecule has 0 bridgehead atoms. The van der Waals surface area contributed by atoms with Gasteiger partial charge in [0.1, 0.15) is 0 Å². The Kier molecular flexibility index (Phi) is 3.30. The first-order valence-corrected chi connectivity index (χ1v) is 5.65. The predicted octanol–water partition coefficient (Wildman–Crippen LogP) is 0.600. The number of nitrogen functional groups attached to an aromatic ring is 1. The molecule has 1 aromatic rings. The van der Waals surface area contributed by atoms with Crippen LogP contribution < -0.4 is 5.73 Å². The van der Waals surface area contributed by atoms with Crippen LogP contribution in [0.15, 0.2) is 23.1 Å². The lowest BCUT2D eigenvalue weighted by Crippen LogP contribution is -2.24.